The molecule has 0 bridgehead atoms. The predicted molar refractivity (Wildman–Crippen MR) is 126 cm³/mol. The van der Waals surface area contributed by atoms with Crippen molar-refractivity contribution >= 4 is 68.1 Å². The molecule has 152 valence electrons. The molecule has 1 aliphatic rings. The first-order valence-corrected chi connectivity index (χ1v) is 11.2. The maximum absolute atomic E-state index is 12.3. The second-order valence-corrected chi connectivity index (χ2v) is 8.58. The van der Waals surface area contributed by atoms with Crippen molar-refractivity contribution in [1.82, 2.24) is 0 Å². The summed E-state index contributed by atoms with van der Waals surface area (Å²) in [6.45, 7) is 5.01. The molecule has 0 unspecified atom stereocenters. The van der Waals surface area contributed by atoms with Crippen LogP contribution >= 0.6 is 50.1 Å². The maximum Gasteiger partial charge on any atom is 0.363 e. The van der Waals surface area contributed by atoms with Crippen LogP contribution in [0.25, 0.3) is 6.08 Å². The van der Waals surface area contributed by atoms with Crippen LogP contribution in [0, 0.1) is 3.57 Å². The maximum atomic E-state index is 12.3. The van der Waals surface area contributed by atoms with E-state index in [0.29, 0.717) is 35.3 Å². The van der Waals surface area contributed by atoms with Gasteiger partial charge in [0.15, 0.2) is 17.2 Å². The van der Waals surface area contributed by atoms with Gasteiger partial charge in [-0.05, 0) is 93.8 Å². The van der Waals surface area contributed by atoms with E-state index in [1.807, 2.05) is 38.1 Å². The molecular formula is C21H18BrClINO4. The topological polar surface area (TPSA) is 57.1 Å². The SMILES string of the molecule is CCCOc1c(Br)cc(/C=C2\N=C(c3cc(I)ccc3Cl)OC2=O)cc1OCC. The van der Waals surface area contributed by atoms with Gasteiger partial charge in [0.25, 0.3) is 0 Å². The number of carbonyl (C=O) groups is 1. The van der Waals surface area contributed by atoms with Crippen LogP contribution in [-0.2, 0) is 9.53 Å². The fourth-order valence-corrected chi connectivity index (χ4v) is 3.89. The van der Waals surface area contributed by atoms with Crippen LogP contribution < -0.4 is 9.47 Å². The Hall–Kier alpha value is -1.58. The Morgan fingerprint density at radius 1 is 1.24 bits per heavy atom. The number of esters is 1. The van der Waals surface area contributed by atoms with E-state index in [1.54, 1.807) is 12.1 Å². The Morgan fingerprint density at radius 2 is 2.03 bits per heavy atom. The molecule has 5 nitrogen and oxygen atoms in total. The number of hydrogen-bond acceptors (Lipinski definition) is 5. The molecule has 0 atom stereocenters. The molecular weight excluding hydrogens is 572 g/mol. The van der Waals surface area contributed by atoms with Crippen LogP contribution in [0.15, 0.2) is 45.5 Å². The molecule has 0 fully saturated rings. The summed E-state index contributed by atoms with van der Waals surface area (Å²) in [6.07, 6.45) is 2.53. The summed E-state index contributed by atoms with van der Waals surface area (Å²) >= 11 is 11.9. The highest BCUT2D eigenvalue weighted by Gasteiger charge is 2.26. The zero-order valence-corrected chi connectivity index (χ0v) is 20.3. The first kappa shape index (κ1) is 22.1. The molecule has 0 saturated carbocycles. The lowest BCUT2D eigenvalue weighted by atomic mass is 10.1. The standard InChI is InChI=1S/C21H18BrClINO4/c1-3-7-28-19-15(22)8-12(10-18(19)27-4-2)9-17-21(26)29-20(25-17)14-11-13(24)5-6-16(14)23/h5-6,8-11H,3-4,7H2,1-2H3/b17-9-. The molecule has 1 aliphatic heterocycles. The molecule has 3 rings (SSSR count). The monoisotopic (exact) mass is 589 g/mol. The summed E-state index contributed by atoms with van der Waals surface area (Å²) in [5, 5.41) is 0.469. The summed E-state index contributed by atoms with van der Waals surface area (Å²) in [6, 6.07) is 9.10. The van der Waals surface area contributed by atoms with E-state index in [9.17, 15) is 4.79 Å². The third kappa shape index (κ3) is 5.32. The Kier molecular flexibility index (Phi) is 7.59. The van der Waals surface area contributed by atoms with Crippen LogP contribution in [0.5, 0.6) is 11.5 Å². The fourth-order valence-electron chi connectivity index (χ4n) is 2.62. The molecule has 0 N–H and O–H groups in total. The van der Waals surface area contributed by atoms with Crippen molar-refractivity contribution in [2.75, 3.05) is 13.2 Å². The summed E-state index contributed by atoms with van der Waals surface area (Å²) in [4.78, 5) is 16.7. The van der Waals surface area contributed by atoms with Gasteiger partial charge >= 0.3 is 5.97 Å². The first-order valence-electron chi connectivity index (χ1n) is 9.00. The number of aliphatic imine (C=N–C) groups is 1. The minimum atomic E-state index is -0.532. The van der Waals surface area contributed by atoms with E-state index in [4.69, 9.17) is 25.8 Å². The molecule has 29 heavy (non-hydrogen) atoms. The van der Waals surface area contributed by atoms with Gasteiger partial charge in [0, 0.05) is 3.57 Å². The lowest BCUT2D eigenvalue weighted by molar-refractivity contribution is -0.129. The van der Waals surface area contributed by atoms with Gasteiger partial charge in [0.1, 0.15) is 0 Å². The van der Waals surface area contributed by atoms with Gasteiger partial charge in [-0.2, -0.15) is 0 Å². The highest BCUT2D eigenvalue weighted by atomic mass is 127. The molecule has 0 radical (unpaired) electrons. The van der Waals surface area contributed by atoms with Crippen molar-refractivity contribution in [2.45, 2.75) is 20.3 Å². The Bertz CT molecular complexity index is 1010. The van der Waals surface area contributed by atoms with Crippen LogP contribution in [0.2, 0.25) is 5.02 Å². The van der Waals surface area contributed by atoms with E-state index in [0.717, 1.165) is 20.0 Å². The molecule has 0 amide bonds. The fraction of sp³-hybridized carbons (Fsp3) is 0.238. The molecule has 0 aliphatic carbocycles. The zero-order valence-electron chi connectivity index (χ0n) is 15.8. The quantitative estimate of drug-likeness (QED) is 0.218. The Labute approximate surface area is 196 Å². The number of cyclic esters (lactones) is 1. The Balaban J connectivity index is 1.97. The number of halogens is 3. The van der Waals surface area contributed by atoms with Crippen molar-refractivity contribution in [3.05, 3.63) is 60.2 Å². The van der Waals surface area contributed by atoms with Gasteiger partial charge in [-0.15, -0.1) is 0 Å². The van der Waals surface area contributed by atoms with Crippen molar-refractivity contribution in [1.29, 1.82) is 0 Å². The molecule has 2 aromatic carbocycles. The molecule has 2 aromatic rings. The highest BCUT2D eigenvalue weighted by Crippen LogP contribution is 2.38. The minimum absolute atomic E-state index is 0.187. The van der Waals surface area contributed by atoms with Crippen molar-refractivity contribution < 1.29 is 19.0 Å². The highest BCUT2D eigenvalue weighted by molar-refractivity contribution is 14.1. The molecule has 8 heteroatoms. The second kappa shape index (κ2) is 9.95. The average Bonchev–Trinajstić information content (AvgIpc) is 3.03. The van der Waals surface area contributed by atoms with Crippen LogP contribution in [0.4, 0.5) is 0 Å². The van der Waals surface area contributed by atoms with Crippen LogP contribution in [0.1, 0.15) is 31.4 Å². The van der Waals surface area contributed by atoms with Crippen molar-refractivity contribution in [3.63, 3.8) is 0 Å². The number of hydrogen-bond donors (Lipinski definition) is 0. The van der Waals surface area contributed by atoms with E-state index < -0.39 is 5.97 Å². The van der Waals surface area contributed by atoms with E-state index in [1.165, 1.54) is 0 Å². The summed E-state index contributed by atoms with van der Waals surface area (Å²) < 4.78 is 18.5. The Morgan fingerprint density at radius 3 is 2.76 bits per heavy atom. The minimum Gasteiger partial charge on any atom is -0.490 e. The van der Waals surface area contributed by atoms with Gasteiger partial charge in [0.05, 0.1) is 28.3 Å². The van der Waals surface area contributed by atoms with Crippen molar-refractivity contribution in [2.24, 2.45) is 4.99 Å². The lowest BCUT2D eigenvalue weighted by Gasteiger charge is -2.14. The van der Waals surface area contributed by atoms with Gasteiger partial charge in [-0.1, -0.05) is 18.5 Å². The number of ether oxygens (including phenoxy) is 3. The zero-order chi connectivity index (χ0) is 21.0. The van der Waals surface area contributed by atoms with Gasteiger partial charge in [-0.25, -0.2) is 9.79 Å². The summed E-state index contributed by atoms with van der Waals surface area (Å²) in [7, 11) is 0. The smallest absolute Gasteiger partial charge is 0.363 e. The van der Waals surface area contributed by atoms with Crippen molar-refractivity contribution in [3.8, 4) is 11.5 Å². The van der Waals surface area contributed by atoms with Crippen LogP contribution in [0.3, 0.4) is 0 Å². The number of rotatable bonds is 7. The first-order chi connectivity index (χ1) is 13.9. The predicted octanol–water partition coefficient (Wildman–Crippen LogP) is 6.24. The van der Waals surface area contributed by atoms with E-state index in [2.05, 4.69) is 43.5 Å². The lowest BCUT2D eigenvalue weighted by Crippen LogP contribution is -2.06. The third-order valence-corrected chi connectivity index (χ3v) is 5.45. The van der Waals surface area contributed by atoms with Crippen LogP contribution in [-0.4, -0.2) is 25.1 Å². The second-order valence-electron chi connectivity index (χ2n) is 6.07. The molecule has 0 aromatic heterocycles. The van der Waals surface area contributed by atoms with E-state index in [-0.39, 0.29) is 11.6 Å². The largest absolute Gasteiger partial charge is 0.490 e. The number of carbonyl (C=O) groups excluding carboxylic acids is 1. The van der Waals surface area contributed by atoms with Gasteiger partial charge < -0.3 is 14.2 Å². The molecule has 0 spiro atoms. The van der Waals surface area contributed by atoms with E-state index >= 15 is 0 Å². The number of nitrogens with zero attached hydrogens (tertiary/aromatic N) is 1. The summed E-state index contributed by atoms with van der Waals surface area (Å²) in [5.41, 5.74) is 1.50. The molecule has 1 heterocycles. The third-order valence-electron chi connectivity index (χ3n) is 3.86. The number of benzene rings is 2. The summed E-state index contributed by atoms with van der Waals surface area (Å²) in [5.74, 6) is 0.894. The average molecular weight is 591 g/mol. The van der Waals surface area contributed by atoms with Gasteiger partial charge in [0.2, 0.25) is 5.90 Å². The van der Waals surface area contributed by atoms with Gasteiger partial charge in [-0.3, -0.25) is 0 Å². The molecule has 0 saturated heterocycles. The normalized spacial score (nSPS) is 14.7.